The van der Waals surface area contributed by atoms with Crippen molar-refractivity contribution in [2.24, 2.45) is 5.92 Å². The zero-order valence-electron chi connectivity index (χ0n) is 15.9. The van der Waals surface area contributed by atoms with Crippen molar-refractivity contribution in [2.75, 3.05) is 19.6 Å². The lowest BCUT2D eigenvalue weighted by Gasteiger charge is -2.32. The number of halogens is 1. The van der Waals surface area contributed by atoms with E-state index in [4.69, 9.17) is 0 Å². The van der Waals surface area contributed by atoms with Crippen LogP contribution in [-0.4, -0.2) is 46.3 Å². The molecule has 2 heterocycles. The van der Waals surface area contributed by atoms with E-state index in [-0.39, 0.29) is 18.3 Å². The number of benzene rings is 1. The third-order valence-corrected chi connectivity index (χ3v) is 5.68. The molecule has 2 fully saturated rings. The normalized spacial score (nSPS) is 17.6. The first-order chi connectivity index (χ1) is 12.7. The van der Waals surface area contributed by atoms with E-state index in [0.717, 1.165) is 49.7 Å². The monoisotopic (exact) mass is 388 g/mol. The minimum Gasteiger partial charge on any atom is -0.338 e. The van der Waals surface area contributed by atoms with Gasteiger partial charge >= 0.3 is 0 Å². The molecule has 1 aromatic heterocycles. The van der Waals surface area contributed by atoms with Crippen molar-refractivity contribution in [3.05, 3.63) is 53.3 Å². The Labute approximate surface area is 167 Å². The van der Waals surface area contributed by atoms with Crippen LogP contribution < -0.4 is 5.32 Å². The van der Waals surface area contributed by atoms with Gasteiger partial charge in [0.2, 0.25) is 0 Å². The van der Waals surface area contributed by atoms with E-state index in [1.165, 1.54) is 18.4 Å². The minimum atomic E-state index is 0. The molecule has 1 amide bonds. The third kappa shape index (κ3) is 4.90. The molecule has 1 aromatic carbocycles. The average molecular weight is 389 g/mol. The second-order valence-corrected chi connectivity index (χ2v) is 7.71. The second-order valence-electron chi connectivity index (χ2n) is 7.71. The van der Waals surface area contributed by atoms with Gasteiger partial charge in [-0.05, 0) is 50.6 Å². The zero-order chi connectivity index (χ0) is 17.9. The molecule has 1 aliphatic carbocycles. The molecule has 1 saturated carbocycles. The van der Waals surface area contributed by atoms with Gasteiger partial charge in [0.05, 0.1) is 18.3 Å². The maximum atomic E-state index is 12.9. The number of rotatable bonds is 6. The Morgan fingerprint density at radius 1 is 1.15 bits per heavy atom. The maximum Gasteiger partial charge on any atom is 0.257 e. The van der Waals surface area contributed by atoms with Crippen molar-refractivity contribution in [2.45, 2.75) is 45.2 Å². The fourth-order valence-corrected chi connectivity index (χ4v) is 3.68. The van der Waals surface area contributed by atoms with Gasteiger partial charge in [-0.3, -0.25) is 9.48 Å². The molecule has 6 heteroatoms. The maximum absolute atomic E-state index is 12.9. The van der Waals surface area contributed by atoms with Crippen molar-refractivity contribution in [1.82, 2.24) is 20.0 Å². The standard InChI is InChI=1S/C21H28N4O.ClH/c1-16-20(14-23-25(16)15-18-5-3-2-4-6-18)21(26)24-11-9-19(10-12-24)22-13-17-7-8-17;/h2-6,14,17,19,22H,7-13,15H2,1H3;1H. The summed E-state index contributed by atoms with van der Waals surface area (Å²) in [6.07, 6.45) is 6.61. The summed E-state index contributed by atoms with van der Waals surface area (Å²) in [6.45, 7) is 5.53. The Morgan fingerprint density at radius 2 is 1.85 bits per heavy atom. The van der Waals surface area contributed by atoms with Crippen molar-refractivity contribution >= 4 is 18.3 Å². The molecule has 4 rings (SSSR count). The predicted octanol–water partition coefficient (Wildman–Crippen LogP) is 3.27. The van der Waals surface area contributed by atoms with Gasteiger partial charge in [0.1, 0.15) is 0 Å². The average Bonchev–Trinajstić information content (AvgIpc) is 3.44. The van der Waals surface area contributed by atoms with E-state index in [1.54, 1.807) is 6.20 Å². The lowest BCUT2D eigenvalue weighted by molar-refractivity contribution is 0.0704. The zero-order valence-corrected chi connectivity index (χ0v) is 16.8. The van der Waals surface area contributed by atoms with Gasteiger partial charge in [0, 0.05) is 24.8 Å². The van der Waals surface area contributed by atoms with Crippen LogP contribution in [0.4, 0.5) is 0 Å². The number of nitrogens with zero attached hydrogens (tertiary/aromatic N) is 3. The molecular weight excluding hydrogens is 360 g/mol. The van der Waals surface area contributed by atoms with Crippen LogP contribution >= 0.6 is 12.4 Å². The summed E-state index contributed by atoms with van der Waals surface area (Å²) >= 11 is 0. The van der Waals surface area contributed by atoms with Crippen molar-refractivity contribution in [1.29, 1.82) is 0 Å². The van der Waals surface area contributed by atoms with Crippen LogP contribution in [0.3, 0.4) is 0 Å². The van der Waals surface area contributed by atoms with Gasteiger partial charge < -0.3 is 10.2 Å². The highest BCUT2D eigenvalue weighted by atomic mass is 35.5. The Balaban J connectivity index is 0.00000210. The lowest BCUT2D eigenvalue weighted by Crippen LogP contribution is -2.45. The summed E-state index contributed by atoms with van der Waals surface area (Å²) in [7, 11) is 0. The van der Waals surface area contributed by atoms with E-state index in [2.05, 4.69) is 22.5 Å². The van der Waals surface area contributed by atoms with E-state index in [0.29, 0.717) is 12.6 Å². The van der Waals surface area contributed by atoms with E-state index < -0.39 is 0 Å². The molecule has 0 unspecified atom stereocenters. The van der Waals surface area contributed by atoms with Crippen molar-refractivity contribution in [3.8, 4) is 0 Å². The number of nitrogens with one attached hydrogen (secondary N) is 1. The molecule has 2 aliphatic rings. The lowest BCUT2D eigenvalue weighted by atomic mass is 10.0. The number of carbonyl (C=O) groups is 1. The molecule has 0 radical (unpaired) electrons. The summed E-state index contributed by atoms with van der Waals surface area (Å²) < 4.78 is 1.92. The van der Waals surface area contributed by atoms with Gasteiger partial charge in [0.25, 0.3) is 5.91 Å². The van der Waals surface area contributed by atoms with E-state index in [1.807, 2.05) is 34.7 Å². The predicted molar refractivity (Wildman–Crippen MR) is 109 cm³/mol. The van der Waals surface area contributed by atoms with Gasteiger partial charge in [-0.15, -0.1) is 12.4 Å². The van der Waals surface area contributed by atoms with Gasteiger partial charge in [-0.1, -0.05) is 30.3 Å². The first kappa shape index (κ1) is 19.9. The SMILES string of the molecule is Cc1c(C(=O)N2CCC(NCC3CC3)CC2)cnn1Cc1ccccc1.Cl. The second kappa shape index (κ2) is 8.89. The molecule has 1 aliphatic heterocycles. The quantitative estimate of drug-likeness (QED) is 0.826. The smallest absolute Gasteiger partial charge is 0.257 e. The van der Waals surface area contributed by atoms with Gasteiger partial charge in [-0.25, -0.2) is 0 Å². The molecule has 146 valence electrons. The number of likely N-dealkylation sites (tertiary alicyclic amines) is 1. The largest absolute Gasteiger partial charge is 0.338 e. The fourth-order valence-electron chi connectivity index (χ4n) is 3.68. The van der Waals surface area contributed by atoms with E-state index >= 15 is 0 Å². The minimum absolute atomic E-state index is 0. The molecule has 27 heavy (non-hydrogen) atoms. The summed E-state index contributed by atoms with van der Waals surface area (Å²) in [5.74, 6) is 1.04. The summed E-state index contributed by atoms with van der Waals surface area (Å²) in [4.78, 5) is 14.9. The summed E-state index contributed by atoms with van der Waals surface area (Å²) in [5, 5.41) is 8.13. The Morgan fingerprint density at radius 3 is 2.52 bits per heavy atom. The van der Waals surface area contributed by atoms with Crippen LogP contribution in [-0.2, 0) is 6.54 Å². The third-order valence-electron chi connectivity index (χ3n) is 5.68. The van der Waals surface area contributed by atoms with Crippen LogP contribution in [0, 0.1) is 12.8 Å². The topological polar surface area (TPSA) is 50.2 Å². The highest BCUT2D eigenvalue weighted by molar-refractivity contribution is 5.95. The molecule has 0 atom stereocenters. The molecule has 1 saturated heterocycles. The van der Waals surface area contributed by atoms with Gasteiger partial charge in [-0.2, -0.15) is 5.10 Å². The highest BCUT2D eigenvalue weighted by Crippen LogP contribution is 2.28. The van der Waals surface area contributed by atoms with Crippen molar-refractivity contribution in [3.63, 3.8) is 0 Å². The summed E-state index contributed by atoms with van der Waals surface area (Å²) in [6, 6.07) is 10.8. The number of piperidine rings is 1. The molecule has 0 spiro atoms. The first-order valence-corrected chi connectivity index (χ1v) is 9.79. The molecule has 5 nitrogen and oxygen atoms in total. The molecule has 0 bridgehead atoms. The Kier molecular flexibility index (Phi) is 6.55. The van der Waals surface area contributed by atoms with Crippen molar-refractivity contribution < 1.29 is 4.79 Å². The van der Waals surface area contributed by atoms with E-state index in [9.17, 15) is 4.79 Å². The molecule has 2 aromatic rings. The van der Waals surface area contributed by atoms with Crippen LogP contribution in [0.2, 0.25) is 0 Å². The summed E-state index contributed by atoms with van der Waals surface area (Å²) in [5.41, 5.74) is 2.89. The number of aromatic nitrogens is 2. The number of carbonyl (C=O) groups excluding carboxylic acids is 1. The van der Waals surface area contributed by atoms with Crippen LogP contribution in [0.5, 0.6) is 0 Å². The number of hydrogen-bond acceptors (Lipinski definition) is 3. The first-order valence-electron chi connectivity index (χ1n) is 9.79. The Bertz CT molecular complexity index is 749. The van der Waals surface area contributed by atoms with Crippen LogP contribution in [0.25, 0.3) is 0 Å². The molecule has 1 N–H and O–H groups in total. The van der Waals surface area contributed by atoms with Gasteiger partial charge in [0.15, 0.2) is 0 Å². The van der Waals surface area contributed by atoms with Crippen LogP contribution in [0.1, 0.15) is 47.3 Å². The number of amides is 1. The molecular formula is C21H29ClN4O. The number of hydrogen-bond donors (Lipinski definition) is 1. The van der Waals surface area contributed by atoms with Crippen LogP contribution in [0.15, 0.2) is 36.5 Å². The highest BCUT2D eigenvalue weighted by Gasteiger charge is 2.27. The Hall–Kier alpha value is -1.85. The fraction of sp³-hybridized carbons (Fsp3) is 0.524.